The van der Waals surface area contributed by atoms with Crippen molar-refractivity contribution in [3.05, 3.63) is 48.0 Å². The van der Waals surface area contributed by atoms with Gasteiger partial charge in [-0.3, -0.25) is 14.9 Å². The van der Waals surface area contributed by atoms with Crippen LogP contribution in [0.4, 0.5) is 12.0 Å². The molecule has 9 nitrogen and oxygen atoms in total. The molecule has 0 saturated heterocycles. The summed E-state index contributed by atoms with van der Waals surface area (Å²) >= 11 is 0. The number of anilines is 2. The second kappa shape index (κ2) is 7.67. The summed E-state index contributed by atoms with van der Waals surface area (Å²) in [5.74, 6) is 0.201. The molecule has 28 heavy (non-hydrogen) atoms. The lowest BCUT2D eigenvalue weighted by molar-refractivity contribution is 0.00889. The Kier molecular flexibility index (Phi) is 4.92. The van der Waals surface area contributed by atoms with E-state index in [-0.39, 0.29) is 12.5 Å². The smallest absolute Gasteiger partial charge is 0.302 e. The molecule has 1 amide bonds. The second-order valence-electron chi connectivity index (χ2n) is 6.08. The van der Waals surface area contributed by atoms with Crippen LogP contribution in [0.5, 0.6) is 0 Å². The zero-order valence-electron chi connectivity index (χ0n) is 15.4. The van der Waals surface area contributed by atoms with Gasteiger partial charge in [0.2, 0.25) is 5.95 Å². The van der Waals surface area contributed by atoms with E-state index in [1.165, 1.54) is 0 Å². The van der Waals surface area contributed by atoms with Crippen LogP contribution < -0.4 is 10.8 Å². The van der Waals surface area contributed by atoms with Crippen LogP contribution in [0.2, 0.25) is 0 Å². The van der Waals surface area contributed by atoms with Gasteiger partial charge in [0.05, 0.1) is 24.2 Å². The van der Waals surface area contributed by atoms with Gasteiger partial charge in [-0.1, -0.05) is 12.1 Å². The minimum Gasteiger partial charge on any atom is -0.423 e. The molecule has 0 aliphatic rings. The fourth-order valence-corrected chi connectivity index (χ4v) is 2.77. The predicted molar refractivity (Wildman–Crippen MR) is 103 cm³/mol. The maximum atomic E-state index is 12.2. The fourth-order valence-electron chi connectivity index (χ4n) is 2.77. The first-order valence-electron chi connectivity index (χ1n) is 8.66. The van der Waals surface area contributed by atoms with Gasteiger partial charge in [0.25, 0.3) is 5.91 Å². The molecule has 2 N–H and O–H groups in total. The molecule has 0 saturated carbocycles. The minimum atomic E-state index is -0.350. The number of fused-ring (bicyclic) bond motifs is 2. The van der Waals surface area contributed by atoms with Crippen molar-refractivity contribution in [1.82, 2.24) is 20.0 Å². The normalized spacial score (nSPS) is 11.2. The van der Waals surface area contributed by atoms with Crippen molar-refractivity contribution in [2.75, 3.05) is 25.6 Å². The fraction of sp³-hybridized carbons (Fsp3) is 0.211. The maximum absolute atomic E-state index is 12.2. The van der Waals surface area contributed by atoms with Gasteiger partial charge < -0.3 is 13.7 Å². The molecule has 0 aliphatic heterocycles. The highest BCUT2D eigenvalue weighted by atomic mass is 16.7. The summed E-state index contributed by atoms with van der Waals surface area (Å²) in [7, 11) is 3.43. The molecular formula is C19H19N5O4. The van der Waals surface area contributed by atoms with Crippen LogP contribution in [-0.2, 0) is 16.6 Å². The molecule has 0 aliphatic carbocycles. The van der Waals surface area contributed by atoms with Gasteiger partial charge >= 0.3 is 6.01 Å². The van der Waals surface area contributed by atoms with E-state index in [2.05, 4.69) is 20.8 Å². The molecule has 0 unspecified atom stereocenters. The van der Waals surface area contributed by atoms with E-state index < -0.39 is 0 Å². The summed E-state index contributed by atoms with van der Waals surface area (Å²) < 4.78 is 12.4. The summed E-state index contributed by atoms with van der Waals surface area (Å²) in [5.41, 5.74) is 5.79. The summed E-state index contributed by atoms with van der Waals surface area (Å²) in [6.45, 7) is 0.664. The highest BCUT2D eigenvalue weighted by Gasteiger charge is 2.14. The van der Waals surface area contributed by atoms with Crippen LogP contribution >= 0.6 is 0 Å². The lowest BCUT2D eigenvalue weighted by atomic mass is 10.2. The number of hydrogen-bond acceptors (Lipinski definition) is 7. The zero-order chi connectivity index (χ0) is 19.5. The average molecular weight is 381 g/mol. The molecule has 4 aromatic rings. The SMILES string of the molecule is COCCONC(=O)c1ccc2c(c1)nc(Nc1nc3ccccc3o1)n2C. The van der Waals surface area contributed by atoms with E-state index in [1.807, 2.05) is 41.9 Å². The molecule has 2 aromatic heterocycles. The maximum Gasteiger partial charge on any atom is 0.302 e. The number of nitrogens with zero attached hydrogens (tertiary/aromatic N) is 3. The molecule has 2 heterocycles. The number of carbonyl (C=O) groups excluding carboxylic acids is 1. The summed E-state index contributed by atoms with van der Waals surface area (Å²) in [6.07, 6.45) is 0. The number of aryl methyl sites for hydroxylation is 1. The predicted octanol–water partition coefficient (Wildman–Crippen LogP) is 2.77. The van der Waals surface area contributed by atoms with Crippen molar-refractivity contribution in [1.29, 1.82) is 0 Å². The summed E-state index contributed by atoms with van der Waals surface area (Å²) in [6, 6.07) is 13.1. The first kappa shape index (κ1) is 18.0. The number of aromatic nitrogens is 3. The van der Waals surface area contributed by atoms with Crippen LogP contribution in [-0.4, -0.2) is 40.8 Å². The van der Waals surface area contributed by atoms with Gasteiger partial charge in [0, 0.05) is 19.7 Å². The molecule has 0 radical (unpaired) electrons. The van der Waals surface area contributed by atoms with Crippen molar-refractivity contribution in [3.8, 4) is 0 Å². The first-order chi connectivity index (χ1) is 13.7. The molecule has 0 atom stereocenters. The number of oxazole rings is 1. The highest BCUT2D eigenvalue weighted by molar-refractivity contribution is 5.97. The Morgan fingerprint density at radius 3 is 2.82 bits per heavy atom. The lowest BCUT2D eigenvalue weighted by Gasteiger charge is -2.05. The quantitative estimate of drug-likeness (QED) is 0.375. The number of hydroxylamine groups is 1. The third-order valence-electron chi connectivity index (χ3n) is 4.21. The number of nitrogens with one attached hydrogen (secondary N) is 2. The Morgan fingerprint density at radius 1 is 1.14 bits per heavy atom. The van der Waals surface area contributed by atoms with Crippen molar-refractivity contribution in [2.24, 2.45) is 7.05 Å². The molecule has 144 valence electrons. The Hall–Kier alpha value is -3.43. The van der Waals surface area contributed by atoms with Crippen molar-refractivity contribution in [3.63, 3.8) is 0 Å². The van der Waals surface area contributed by atoms with Gasteiger partial charge in [0.1, 0.15) is 5.52 Å². The van der Waals surface area contributed by atoms with E-state index in [0.29, 0.717) is 35.2 Å². The third-order valence-corrected chi connectivity index (χ3v) is 4.21. The Morgan fingerprint density at radius 2 is 2.00 bits per heavy atom. The van der Waals surface area contributed by atoms with E-state index in [4.69, 9.17) is 14.0 Å². The number of carbonyl (C=O) groups is 1. The Bertz CT molecular complexity index is 1100. The Balaban J connectivity index is 1.55. The van der Waals surface area contributed by atoms with Crippen LogP contribution in [0.15, 0.2) is 46.9 Å². The van der Waals surface area contributed by atoms with Crippen LogP contribution in [0.1, 0.15) is 10.4 Å². The molecule has 0 fully saturated rings. The van der Waals surface area contributed by atoms with Crippen LogP contribution in [0.3, 0.4) is 0 Å². The monoisotopic (exact) mass is 381 g/mol. The number of benzene rings is 2. The summed E-state index contributed by atoms with van der Waals surface area (Å²) in [5, 5.41) is 3.08. The van der Waals surface area contributed by atoms with E-state index in [0.717, 1.165) is 11.0 Å². The first-order valence-corrected chi connectivity index (χ1v) is 8.66. The highest BCUT2D eigenvalue weighted by Crippen LogP contribution is 2.24. The molecular weight excluding hydrogens is 362 g/mol. The van der Waals surface area contributed by atoms with Crippen molar-refractivity contribution in [2.45, 2.75) is 0 Å². The van der Waals surface area contributed by atoms with Crippen molar-refractivity contribution >= 4 is 40.0 Å². The average Bonchev–Trinajstić information content (AvgIpc) is 3.25. The summed E-state index contributed by atoms with van der Waals surface area (Å²) in [4.78, 5) is 26.2. The van der Waals surface area contributed by atoms with Gasteiger partial charge in [0.15, 0.2) is 5.58 Å². The van der Waals surface area contributed by atoms with E-state index in [9.17, 15) is 4.79 Å². The number of ether oxygens (including phenoxy) is 1. The van der Waals surface area contributed by atoms with E-state index in [1.54, 1.807) is 19.2 Å². The number of para-hydroxylation sites is 2. The van der Waals surface area contributed by atoms with Gasteiger partial charge in [-0.05, 0) is 30.3 Å². The van der Waals surface area contributed by atoms with Crippen LogP contribution in [0, 0.1) is 0 Å². The topological polar surface area (TPSA) is 103 Å². The van der Waals surface area contributed by atoms with Gasteiger partial charge in [-0.2, -0.15) is 4.98 Å². The number of rotatable bonds is 7. The van der Waals surface area contributed by atoms with E-state index >= 15 is 0 Å². The molecule has 0 bridgehead atoms. The third kappa shape index (κ3) is 3.53. The molecule has 9 heteroatoms. The van der Waals surface area contributed by atoms with Gasteiger partial charge in [-0.15, -0.1) is 0 Å². The van der Waals surface area contributed by atoms with Crippen molar-refractivity contribution < 1.29 is 18.8 Å². The number of methoxy groups -OCH3 is 1. The molecule has 4 rings (SSSR count). The molecule has 0 spiro atoms. The van der Waals surface area contributed by atoms with Gasteiger partial charge in [-0.25, -0.2) is 10.5 Å². The number of hydrogen-bond donors (Lipinski definition) is 2. The van der Waals surface area contributed by atoms with Crippen LogP contribution in [0.25, 0.3) is 22.1 Å². The molecule has 2 aromatic carbocycles. The largest absolute Gasteiger partial charge is 0.423 e. The lowest BCUT2D eigenvalue weighted by Crippen LogP contribution is -2.25. The second-order valence-corrected chi connectivity index (χ2v) is 6.08. The zero-order valence-corrected chi connectivity index (χ0v) is 15.4. The number of amides is 1. The number of imidazole rings is 1. The Labute approximate surface area is 160 Å². The minimum absolute atomic E-state index is 0.270. The standard InChI is InChI=1S/C19H19N5O4/c1-24-15-8-7-12(17(25)23-27-10-9-26-2)11-14(15)20-18(24)22-19-21-13-5-3-4-6-16(13)28-19/h3-8,11H,9-10H2,1-2H3,(H,23,25)(H,20,21,22).